The van der Waals surface area contributed by atoms with Crippen molar-refractivity contribution in [1.82, 2.24) is 5.32 Å². The fourth-order valence-electron chi connectivity index (χ4n) is 1.72. The first-order chi connectivity index (χ1) is 7.66. The number of amides is 1. The largest absolute Gasteiger partial charge is 0.323 e. The van der Waals surface area contributed by atoms with Crippen LogP contribution in [0.3, 0.4) is 0 Å². The monoisotopic (exact) mass is 350 g/mol. The van der Waals surface area contributed by atoms with Crippen LogP contribution in [0.4, 0.5) is 5.69 Å². The van der Waals surface area contributed by atoms with E-state index in [1.165, 1.54) is 0 Å². The summed E-state index contributed by atoms with van der Waals surface area (Å²) in [5.74, 6) is 0.000563. The van der Waals surface area contributed by atoms with Crippen molar-refractivity contribution < 1.29 is 4.79 Å². The molecule has 0 saturated carbocycles. The number of carbonyl (C=O) groups excluding carboxylic acids is 1. The molecule has 0 spiro atoms. The van der Waals surface area contributed by atoms with Crippen LogP contribution in [-0.4, -0.2) is 18.5 Å². The Kier molecular flexibility index (Phi) is 4.05. The van der Waals surface area contributed by atoms with E-state index in [4.69, 9.17) is 11.6 Å². The summed E-state index contributed by atoms with van der Waals surface area (Å²) in [6.07, 6.45) is 1.95. The van der Waals surface area contributed by atoms with Crippen LogP contribution in [0.15, 0.2) is 18.2 Å². The molecule has 1 heterocycles. The fourth-order valence-corrected chi connectivity index (χ4v) is 2.62. The average Bonchev–Trinajstić information content (AvgIpc) is 2.75. The van der Waals surface area contributed by atoms with Gasteiger partial charge in [0.15, 0.2) is 0 Å². The van der Waals surface area contributed by atoms with E-state index in [9.17, 15) is 4.79 Å². The van der Waals surface area contributed by atoms with Gasteiger partial charge in [-0.1, -0.05) is 11.6 Å². The Morgan fingerprint density at radius 1 is 1.56 bits per heavy atom. The number of halogens is 2. The van der Waals surface area contributed by atoms with Gasteiger partial charge in [0, 0.05) is 3.57 Å². The van der Waals surface area contributed by atoms with E-state index in [2.05, 4.69) is 33.2 Å². The number of rotatable bonds is 2. The number of hydrogen-bond acceptors (Lipinski definition) is 2. The topological polar surface area (TPSA) is 41.1 Å². The van der Waals surface area contributed by atoms with Gasteiger partial charge in [-0.15, -0.1) is 0 Å². The van der Waals surface area contributed by atoms with Crippen molar-refractivity contribution in [3.8, 4) is 0 Å². The van der Waals surface area contributed by atoms with Crippen LogP contribution in [0.2, 0.25) is 5.02 Å². The van der Waals surface area contributed by atoms with E-state index in [0.717, 1.165) is 23.0 Å². The lowest BCUT2D eigenvalue weighted by Gasteiger charge is -2.12. The van der Waals surface area contributed by atoms with Gasteiger partial charge in [0.05, 0.1) is 16.8 Å². The summed E-state index contributed by atoms with van der Waals surface area (Å²) >= 11 is 8.22. The third-order valence-electron chi connectivity index (χ3n) is 2.57. The van der Waals surface area contributed by atoms with E-state index >= 15 is 0 Å². The summed E-state index contributed by atoms with van der Waals surface area (Å²) in [4.78, 5) is 11.8. The molecule has 1 aliphatic heterocycles. The first-order valence-electron chi connectivity index (χ1n) is 5.16. The van der Waals surface area contributed by atoms with Crippen molar-refractivity contribution in [2.75, 3.05) is 11.9 Å². The Balaban J connectivity index is 2.05. The highest BCUT2D eigenvalue weighted by Gasteiger charge is 2.22. The zero-order chi connectivity index (χ0) is 11.5. The minimum absolute atomic E-state index is 0.000563. The van der Waals surface area contributed by atoms with Gasteiger partial charge < -0.3 is 10.6 Å². The maximum atomic E-state index is 11.8. The highest BCUT2D eigenvalue weighted by Crippen LogP contribution is 2.24. The molecule has 16 heavy (non-hydrogen) atoms. The van der Waals surface area contributed by atoms with Crippen LogP contribution >= 0.6 is 34.2 Å². The van der Waals surface area contributed by atoms with Crippen molar-refractivity contribution >= 4 is 45.8 Å². The Morgan fingerprint density at radius 2 is 2.38 bits per heavy atom. The number of nitrogens with one attached hydrogen (secondary N) is 2. The molecule has 1 atom stereocenters. The zero-order valence-corrected chi connectivity index (χ0v) is 11.5. The quantitative estimate of drug-likeness (QED) is 0.805. The molecule has 0 aliphatic carbocycles. The lowest BCUT2D eigenvalue weighted by Crippen LogP contribution is -2.35. The first kappa shape index (κ1) is 12.1. The van der Waals surface area contributed by atoms with E-state index < -0.39 is 0 Å². The lowest BCUT2D eigenvalue weighted by atomic mass is 10.2. The highest BCUT2D eigenvalue weighted by atomic mass is 127. The highest BCUT2D eigenvalue weighted by molar-refractivity contribution is 14.1. The number of carbonyl (C=O) groups is 1. The van der Waals surface area contributed by atoms with Gasteiger partial charge in [-0.05, 0) is 60.2 Å². The Hall–Kier alpha value is -0.330. The Labute approximate surface area is 113 Å². The molecule has 86 valence electrons. The summed E-state index contributed by atoms with van der Waals surface area (Å²) in [7, 11) is 0. The first-order valence-corrected chi connectivity index (χ1v) is 6.62. The van der Waals surface area contributed by atoms with Crippen LogP contribution < -0.4 is 10.6 Å². The van der Waals surface area contributed by atoms with Crippen molar-refractivity contribution in [3.05, 3.63) is 26.8 Å². The van der Waals surface area contributed by atoms with Gasteiger partial charge in [-0.3, -0.25) is 4.79 Å². The molecule has 1 amide bonds. The fraction of sp³-hybridized carbons (Fsp3) is 0.364. The van der Waals surface area contributed by atoms with Crippen molar-refractivity contribution in [2.45, 2.75) is 18.9 Å². The number of anilines is 1. The molecule has 1 aromatic rings. The second-order valence-electron chi connectivity index (χ2n) is 3.76. The van der Waals surface area contributed by atoms with Crippen LogP contribution in [-0.2, 0) is 4.79 Å². The van der Waals surface area contributed by atoms with Gasteiger partial charge in [-0.2, -0.15) is 0 Å². The molecular weight excluding hydrogens is 338 g/mol. The van der Waals surface area contributed by atoms with Gasteiger partial charge in [0.25, 0.3) is 0 Å². The van der Waals surface area contributed by atoms with Gasteiger partial charge in [0.1, 0.15) is 0 Å². The molecule has 0 radical (unpaired) electrons. The zero-order valence-electron chi connectivity index (χ0n) is 8.59. The predicted octanol–water partition coefficient (Wildman–Crippen LogP) is 2.64. The van der Waals surface area contributed by atoms with E-state index in [1.807, 2.05) is 18.2 Å². The molecule has 0 unspecified atom stereocenters. The maximum absolute atomic E-state index is 11.8. The third-order valence-corrected chi connectivity index (χ3v) is 3.55. The van der Waals surface area contributed by atoms with Gasteiger partial charge >= 0.3 is 0 Å². The standard InChI is InChI=1S/C11H12ClIN2O/c12-8-6-7(13)3-4-9(8)15-11(16)10-2-1-5-14-10/h3-4,6,10,14H,1-2,5H2,(H,15,16)/t10-/m0/s1. The molecule has 1 saturated heterocycles. The number of benzene rings is 1. The molecule has 1 aliphatic rings. The van der Waals surface area contributed by atoms with Crippen molar-refractivity contribution in [1.29, 1.82) is 0 Å². The molecule has 2 rings (SSSR count). The normalized spacial score (nSPS) is 19.8. The number of hydrogen-bond donors (Lipinski definition) is 2. The van der Waals surface area contributed by atoms with Crippen LogP contribution in [0, 0.1) is 3.57 Å². The second-order valence-corrected chi connectivity index (χ2v) is 5.42. The average molecular weight is 351 g/mol. The third kappa shape index (κ3) is 2.87. The maximum Gasteiger partial charge on any atom is 0.241 e. The summed E-state index contributed by atoms with van der Waals surface area (Å²) in [5.41, 5.74) is 0.681. The second kappa shape index (κ2) is 5.33. The molecule has 2 N–H and O–H groups in total. The van der Waals surface area contributed by atoms with E-state index in [1.54, 1.807) is 0 Å². The summed E-state index contributed by atoms with van der Waals surface area (Å²) in [6, 6.07) is 5.51. The SMILES string of the molecule is O=C(Nc1ccc(I)cc1Cl)[C@@H]1CCCN1. The smallest absolute Gasteiger partial charge is 0.241 e. The summed E-state index contributed by atoms with van der Waals surface area (Å²) < 4.78 is 1.06. The van der Waals surface area contributed by atoms with E-state index in [0.29, 0.717) is 10.7 Å². The van der Waals surface area contributed by atoms with Crippen LogP contribution in [0.5, 0.6) is 0 Å². The van der Waals surface area contributed by atoms with Crippen LogP contribution in [0.25, 0.3) is 0 Å². The minimum Gasteiger partial charge on any atom is -0.323 e. The Morgan fingerprint density at radius 3 is 3.00 bits per heavy atom. The van der Waals surface area contributed by atoms with E-state index in [-0.39, 0.29) is 11.9 Å². The van der Waals surface area contributed by atoms with Gasteiger partial charge in [0.2, 0.25) is 5.91 Å². The Bertz CT molecular complexity index is 405. The van der Waals surface area contributed by atoms with Gasteiger partial charge in [-0.25, -0.2) is 0 Å². The molecule has 5 heteroatoms. The molecule has 0 aromatic heterocycles. The molecule has 0 bridgehead atoms. The minimum atomic E-state index is -0.0738. The van der Waals surface area contributed by atoms with Crippen molar-refractivity contribution in [3.63, 3.8) is 0 Å². The van der Waals surface area contributed by atoms with Crippen LogP contribution in [0.1, 0.15) is 12.8 Å². The molecule has 1 aromatic carbocycles. The lowest BCUT2D eigenvalue weighted by molar-refractivity contribution is -0.117. The molecular formula is C11H12ClIN2O. The predicted molar refractivity (Wildman–Crippen MR) is 73.8 cm³/mol. The summed E-state index contributed by atoms with van der Waals surface area (Å²) in [6.45, 7) is 0.915. The van der Waals surface area contributed by atoms with Crippen molar-refractivity contribution in [2.24, 2.45) is 0 Å². The molecule has 3 nitrogen and oxygen atoms in total. The summed E-state index contributed by atoms with van der Waals surface area (Å²) in [5, 5.41) is 6.58. The molecule has 1 fully saturated rings.